The van der Waals surface area contributed by atoms with Crippen LogP contribution in [0.1, 0.15) is 40.9 Å². The number of hydrogen-bond donors (Lipinski definition) is 1. The molecule has 1 N–H and O–H groups in total. The van der Waals surface area contributed by atoms with Gasteiger partial charge in [-0.15, -0.1) is 0 Å². The van der Waals surface area contributed by atoms with E-state index in [1.165, 1.54) is 11.1 Å². The number of nitrogens with zero attached hydrogens (tertiary/aromatic N) is 1. The molecule has 1 fully saturated rings. The lowest BCUT2D eigenvalue weighted by Crippen LogP contribution is -2.39. The molecule has 1 atom stereocenters. The second-order valence-corrected chi connectivity index (χ2v) is 6.73. The van der Waals surface area contributed by atoms with Crippen LogP contribution in [0.3, 0.4) is 0 Å². The lowest BCUT2D eigenvalue weighted by Gasteiger charge is -2.33. The first-order chi connectivity index (χ1) is 12.8. The maximum Gasteiger partial charge on any atom is 0.251 e. The van der Waals surface area contributed by atoms with E-state index in [0.29, 0.717) is 6.54 Å². The van der Waals surface area contributed by atoms with E-state index in [-0.39, 0.29) is 12.0 Å². The molecule has 2 aromatic rings. The molecule has 1 amide bonds. The van der Waals surface area contributed by atoms with Gasteiger partial charge in [-0.2, -0.15) is 0 Å². The fraction of sp³-hybridized carbons (Fsp3) is 0.409. The molecule has 4 nitrogen and oxygen atoms in total. The molecule has 0 radical (unpaired) electrons. The van der Waals surface area contributed by atoms with Crippen molar-refractivity contribution < 1.29 is 9.53 Å². The van der Waals surface area contributed by atoms with E-state index in [1.807, 2.05) is 30.3 Å². The number of aryl methyl sites for hydroxylation is 1. The summed E-state index contributed by atoms with van der Waals surface area (Å²) in [7, 11) is 0. The number of carbonyl (C=O) groups excluding carboxylic acids is 1. The van der Waals surface area contributed by atoms with E-state index in [4.69, 9.17) is 4.74 Å². The Morgan fingerprint density at radius 2 is 1.92 bits per heavy atom. The first kappa shape index (κ1) is 18.6. The van der Waals surface area contributed by atoms with E-state index in [0.717, 1.165) is 44.6 Å². The monoisotopic (exact) mass is 352 g/mol. The average molecular weight is 352 g/mol. The van der Waals surface area contributed by atoms with Crippen LogP contribution in [0.5, 0.6) is 0 Å². The van der Waals surface area contributed by atoms with Crippen LogP contribution in [0.4, 0.5) is 0 Å². The number of morpholine rings is 1. The van der Waals surface area contributed by atoms with E-state index >= 15 is 0 Å². The van der Waals surface area contributed by atoms with Gasteiger partial charge < -0.3 is 10.1 Å². The van der Waals surface area contributed by atoms with Crippen LogP contribution >= 0.6 is 0 Å². The summed E-state index contributed by atoms with van der Waals surface area (Å²) in [4.78, 5) is 14.6. The topological polar surface area (TPSA) is 41.6 Å². The highest BCUT2D eigenvalue weighted by Crippen LogP contribution is 2.21. The quantitative estimate of drug-likeness (QED) is 0.776. The van der Waals surface area contributed by atoms with Crippen molar-refractivity contribution in [1.82, 2.24) is 10.2 Å². The fourth-order valence-electron chi connectivity index (χ4n) is 3.27. The molecule has 0 aliphatic carbocycles. The molecule has 1 aliphatic heterocycles. The smallest absolute Gasteiger partial charge is 0.251 e. The van der Waals surface area contributed by atoms with Gasteiger partial charge in [0, 0.05) is 31.7 Å². The van der Waals surface area contributed by atoms with Crippen molar-refractivity contribution in [2.45, 2.75) is 25.9 Å². The molecule has 0 spiro atoms. The van der Waals surface area contributed by atoms with Crippen molar-refractivity contribution in [2.75, 3.05) is 32.8 Å². The second kappa shape index (κ2) is 9.51. The summed E-state index contributed by atoms with van der Waals surface area (Å²) in [5.41, 5.74) is 3.22. The van der Waals surface area contributed by atoms with Gasteiger partial charge in [0.1, 0.15) is 0 Å². The van der Waals surface area contributed by atoms with Crippen molar-refractivity contribution in [3.05, 3.63) is 71.3 Å². The summed E-state index contributed by atoms with van der Waals surface area (Å²) in [6.07, 6.45) is 2.09. The maximum absolute atomic E-state index is 12.2. The Labute approximate surface area is 156 Å². The van der Waals surface area contributed by atoms with Gasteiger partial charge in [0.05, 0.1) is 12.7 Å². The van der Waals surface area contributed by atoms with Gasteiger partial charge in [-0.25, -0.2) is 0 Å². The minimum Gasteiger partial charge on any atom is -0.371 e. The van der Waals surface area contributed by atoms with E-state index < -0.39 is 0 Å². The van der Waals surface area contributed by atoms with Crippen LogP contribution in [-0.2, 0) is 11.2 Å². The zero-order chi connectivity index (χ0) is 18.2. The fourth-order valence-corrected chi connectivity index (χ4v) is 3.27. The Balaban J connectivity index is 1.39. The Morgan fingerprint density at radius 3 is 2.65 bits per heavy atom. The molecule has 0 saturated carbocycles. The van der Waals surface area contributed by atoms with Crippen molar-refractivity contribution in [3.8, 4) is 0 Å². The molecule has 1 saturated heterocycles. The van der Waals surface area contributed by atoms with Gasteiger partial charge >= 0.3 is 0 Å². The number of benzene rings is 2. The van der Waals surface area contributed by atoms with Gasteiger partial charge in [-0.3, -0.25) is 9.69 Å². The summed E-state index contributed by atoms with van der Waals surface area (Å²) < 4.78 is 5.90. The highest BCUT2D eigenvalue weighted by atomic mass is 16.5. The Bertz CT molecular complexity index is 685. The molecule has 1 aliphatic rings. The lowest BCUT2D eigenvalue weighted by atomic mass is 10.1. The minimum atomic E-state index is 0.0109. The van der Waals surface area contributed by atoms with Crippen LogP contribution in [0.25, 0.3) is 0 Å². The summed E-state index contributed by atoms with van der Waals surface area (Å²) in [5.74, 6) is 0.0109. The zero-order valence-corrected chi connectivity index (χ0v) is 15.5. The van der Waals surface area contributed by atoms with Gasteiger partial charge in [-0.05, 0) is 36.1 Å². The van der Waals surface area contributed by atoms with Gasteiger partial charge in [0.25, 0.3) is 5.91 Å². The van der Waals surface area contributed by atoms with Crippen molar-refractivity contribution in [2.24, 2.45) is 0 Å². The molecule has 2 aromatic carbocycles. The first-order valence-corrected chi connectivity index (χ1v) is 9.52. The molecule has 26 heavy (non-hydrogen) atoms. The van der Waals surface area contributed by atoms with Crippen LogP contribution in [0.2, 0.25) is 0 Å². The summed E-state index contributed by atoms with van der Waals surface area (Å²) >= 11 is 0. The number of ether oxygens (including phenoxy) is 1. The number of carbonyl (C=O) groups is 1. The first-order valence-electron chi connectivity index (χ1n) is 9.52. The number of nitrogens with one attached hydrogen (secondary N) is 1. The van der Waals surface area contributed by atoms with Crippen molar-refractivity contribution in [1.29, 1.82) is 0 Å². The highest BCUT2D eigenvalue weighted by Gasteiger charge is 2.21. The van der Waals surface area contributed by atoms with E-state index in [1.54, 1.807) is 0 Å². The molecule has 138 valence electrons. The van der Waals surface area contributed by atoms with E-state index in [9.17, 15) is 4.79 Å². The number of hydrogen-bond acceptors (Lipinski definition) is 3. The lowest BCUT2D eigenvalue weighted by molar-refractivity contribution is -0.0301. The van der Waals surface area contributed by atoms with Crippen LogP contribution in [0.15, 0.2) is 54.6 Å². The molecule has 0 bridgehead atoms. The zero-order valence-electron chi connectivity index (χ0n) is 15.5. The number of amides is 1. The van der Waals surface area contributed by atoms with Gasteiger partial charge in [0.2, 0.25) is 0 Å². The third-order valence-electron chi connectivity index (χ3n) is 4.88. The van der Waals surface area contributed by atoms with Crippen LogP contribution in [-0.4, -0.2) is 43.6 Å². The minimum absolute atomic E-state index is 0.0109. The standard InChI is InChI=1S/C22H28N2O2/c1-2-18-9-11-20(12-10-18)22(25)23-13-6-14-24-15-16-26-21(17-24)19-7-4-3-5-8-19/h3-5,7-12,21H,2,6,13-17H2,1H3,(H,23,25)/t21-/m1/s1. The molecular formula is C22H28N2O2. The molecule has 3 rings (SSSR count). The van der Waals surface area contributed by atoms with Crippen molar-refractivity contribution in [3.63, 3.8) is 0 Å². The second-order valence-electron chi connectivity index (χ2n) is 6.73. The molecular weight excluding hydrogens is 324 g/mol. The summed E-state index contributed by atoms with van der Waals surface area (Å²) in [6, 6.07) is 18.2. The predicted octanol–water partition coefficient (Wildman–Crippen LogP) is 3.44. The van der Waals surface area contributed by atoms with Gasteiger partial charge in [-0.1, -0.05) is 49.4 Å². The third-order valence-corrected chi connectivity index (χ3v) is 4.88. The van der Waals surface area contributed by atoms with Crippen molar-refractivity contribution >= 4 is 5.91 Å². The largest absolute Gasteiger partial charge is 0.371 e. The Morgan fingerprint density at radius 1 is 1.15 bits per heavy atom. The Hall–Kier alpha value is -2.17. The normalized spacial score (nSPS) is 17.8. The highest BCUT2D eigenvalue weighted by molar-refractivity contribution is 5.94. The molecule has 1 heterocycles. The SMILES string of the molecule is CCc1ccc(C(=O)NCCCN2CCO[C@@H](c3ccccc3)C2)cc1. The van der Waals surface area contributed by atoms with Crippen LogP contribution < -0.4 is 5.32 Å². The average Bonchev–Trinajstić information content (AvgIpc) is 2.72. The molecule has 4 heteroatoms. The van der Waals surface area contributed by atoms with Crippen LogP contribution in [0, 0.1) is 0 Å². The summed E-state index contributed by atoms with van der Waals surface area (Å²) in [5, 5.41) is 3.02. The third kappa shape index (κ3) is 5.16. The molecule has 0 unspecified atom stereocenters. The van der Waals surface area contributed by atoms with Gasteiger partial charge in [0.15, 0.2) is 0 Å². The number of rotatable bonds is 7. The Kier molecular flexibility index (Phi) is 6.81. The maximum atomic E-state index is 12.2. The summed E-state index contributed by atoms with van der Waals surface area (Å²) in [6.45, 7) is 6.41. The predicted molar refractivity (Wildman–Crippen MR) is 104 cm³/mol. The molecule has 0 aromatic heterocycles. The van der Waals surface area contributed by atoms with E-state index in [2.05, 4.69) is 41.4 Å².